The minimum Gasteiger partial charge on any atom is -0.329 e. The van der Waals surface area contributed by atoms with Crippen LogP contribution < -0.4 is 5.73 Å². The molecule has 0 saturated heterocycles. The maximum absolute atomic E-state index is 11.8. The fraction of sp³-hybridized carbons (Fsp3) is 0.500. The third-order valence-corrected chi connectivity index (χ3v) is 4.08. The lowest BCUT2D eigenvalue weighted by molar-refractivity contribution is 0.672. The molecule has 0 aliphatic rings. The van der Waals surface area contributed by atoms with Crippen LogP contribution in [0.1, 0.15) is 23.6 Å². The molecule has 1 aromatic rings. The van der Waals surface area contributed by atoms with Crippen molar-refractivity contribution in [3.8, 4) is 0 Å². The van der Waals surface area contributed by atoms with Crippen molar-refractivity contribution in [2.75, 3.05) is 6.54 Å². The molecule has 15 heavy (non-hydrogen) atoms. The summed E-state index contributed by atoms with van der Waals surface area (Å²) in [6.45, 7) is 6.54. The van der Waals surface area contributed by atoms with E-state index in [1.165, 1.54) is 11.1 Å². The molecule has 0 heterocycles. The van der Waals surface area contributed by atoms with Gasteiger partial charge in [-0.15, -0.1) is 0 Å². The molecular formula is C12H19NOS. The molecule has 0 spiro atoms. The Balaban J connectivity index is 2.76. The van der Waals surface area contributed by atoms with Crippen LogP contribution in [0.2, 0.25) is 0 Å². The Morgan fingerprint density at radius 1 is 1.27 bits per heavy atom. The van der Waals surface area contributed by atoms with Crippen LogP contribution in [0.15, 0.2) is 18.2 Å². The molecular weight excluding hydrogens is 206 g/mol. The molecule has 2 unspecified atom stereocenters. The maximum atomic E-state index is 11.8. The van der Waals surface area contributed by atoms with E-state index in [1.807, 2.05) is 6.92 Å². The van der Waals surface area contributed by atoms with Crippen LogP contribution in [0.3, 0.4) is 0 Å². The van der Waals surface area contributed by atoms with Gasteiger partial charge in [0.1, 0.15) is 0 Å². The zero-order valence-electron chi connectivity index (χ0n) is 9.62. The number of hydrogen-bond acceptors (Lipinski definition) is 2. The normalized spacial score (nSPS) is 14.9. The second-order valence-electron chi connectivity index (χ2n) is 4.07. The average molecular weight is 225 g/mol. The smallest absolute Gasteiger partial charge is 0.0489 e. The summed E-state index contributed by atoms with van der Waals surface area (Å²) in [5.74, 6) is 0.612. The Labute approximate surface area is 94.3 Å². The zero-order chi connectivity index (χ0) is 11.4. The largest absolute Gasteiger partial charge is 0.329 e. The number of rotatable bonds is 4. The SMILES string of the molecule is Cc1cc(C)cc(CS(=O)C(C)CN)c1. The number of aryl methyl sites for hydroxylation is 2. The Morgan fingerprint density at radius 2 is 1.80 bits per heavy atom. The van der Waals surface area contributed by atoms with E-state index in [0.29, 0.717) is 12.3 Å². The van der Waals surface area contributed by atoms with Gasteiger partial charge in [-0.25, -0.2) is 0 Å². The third kappa shape index (κ3) is 3.76. The maximum Gasteiger partial charge on any atom is 0.0489 e. The van der Waals surface area contributed by atoms with Crippen LogP contribution in [0.4, 0.5) is 0 Å². The summed E-state index contributed by atoms with van der Waals surface area (Å²) in [6, 6.07) is 6.31. The summed E-state index contributed by atoms with van der Waals surface area (Å²) in [5, 5.41) is 0.0748. The van der Waals surface area contributed by atoms with E-state index in [-0.39, 0.29) is 5.25 Å². The van der Waals surface area contributed by atoms with Gasteiger partial charge in [-0.2, -0.15) is 0 Å². The molecule has 0 fully saturated rings. The summed E-state index contributed by atoms with van der Waals surface area (Å²) in [7, 11) is -0.857. The molecule has 0 aromatic heterocycles. The van der Waals surface area contributed by atoms with E-state index in [0.717, 1.165) is 5.56 Å². The average Bonchev–Trinajstić information content (AvgIpc) is 2.14. The lowest BCUT2D eigenvalue weighted by atomic mass is 10.1. The van der Waals surface area contributed by atoms with Crippen molar-refractivity contribution in [2.24, 2.45) is 5.73 Å². The summed E-state index contributed by atoms with van der Waals surface area (Å²) in [5.41, 5.74) is 9.09. The monoisotopic (exact) mass is 225 g/mol. The Bertz CT molecular complexity index is 342. The number of nitrogens with two attached hydrogens (primary N) is 1. The summed E-state index contributed by atoms with van der Waals surface area (Å²) in [6.07, 6.45) is 0. The molecule has 1 aromatic carbocycles. The van der Waals surface area contributed by atoms with Gasteiger partial charge in [0.2, 0.25) is 0 Å². The second kappa shape index (κ2) is 5.42. The van der Waals surface area contributed by atoms with E-state index in [4.69, 9.17) is 5.73 Å². The standard InChI is InChI=1S/C12H19NOS/c1-9-4-10(2)6-12(5-9)8-15(14)11(3)7-13/h4-6,11H,7-8,13H2,1-3H3. The molecule has 0 aliphatic heterocycles. The molecule has 1 rings (SSSR count). The lowest BCUT2D eigenvalue weighted by Gasteiger charge is -2.09. The molecule has 3 heteroatoms. The third-order valence-electron chi connectivity index (χ3n) is 2.37. The van der Waals surface area contributed by atoms with Gasteiger partial charge >= 0.3 is 0 Å². The van der Waals surface area contributed by atoms with Crippen molar-refractivity contribution in [3.05, 3.63) is 34.9 Å². The van der Waals surface area contributed by atoms with Gasteiger partial charge in [0, 0.05) is 28.3 Å². The highest BCUT2D eigenvalue weighted by Crippen LogP contribution is 2.12. The highest BCUT2D eigenvalue weighted by molar-refractivity contribution is 7.84. The molecule has 2 N–H and O–H groups in total. The topological polar surface area (TPSA) is 43.1 Å². The van der Waals surface area contributed by atoms with Crippen molar-refractivity contribution in [1.82, 2.24) is 0 Å². The highest BCUT2D eigenvalue weighted by atomic mass is 32.2. The minimum atomic E-state index is -0.857. The highest BCUT2D eigenvalue weighted by Gasteiger charge is 2.09. The van der Waals surface area contributed by atoms with Crippen LogP contribution in [-0.4, -0.2) is 16.0 Å². The van der Waals surface area contributed by atoms with Gasteiger partial charge in [0.25, 0.3) is 0 Å². The van der Waals surface area contributed by atoms with Gasteiger partial charge in [0.05, 0.1) is 0 Å². The first-order valence-corrected chi connectivity index (χ1v) is 6.55. The Morgan fingerprint density at radius 3 is 2.27 bits per heavy atom. The van der Waals surface area contributed by atoms with E-state index in [9.17, 15) is 4.21 Å². The fourth-order valence-corrected chi connectivity index (χ4v) is 2.56. The molecule has 0 aliphatic carbocycles. The van der Waals surface area contributed by atoms with Crippen molar-refractivity contribution in [2.45, 2.75) is 31.8 Å². The van der Waals surface area contributed by atoms with Crippen LogP contribution in [0.25, 0.3) is 0 Å². The van der Waals surface area contributed by atoms with E-state index < -0.39 is 10.8 Å². The van der Waals surface area contributed by atoms with Gasteiger partial charge in [-0.1, -0.05) is 29.3 Å². The van der Waals surface area contributed by atoms with Gasteiger partial charge in [-0.3, -0.25) is 4.21 Å². The van der Waals surface area contributed by atoms with Gasteiger partial charge < -0.3 is 5.73 Å². The molecule has 0 amide bonds. The molecule has 2 nitrogen and oxygen atoms in total. The van der Waals surface area contributed by atoms with Crippen LogP contribution in [0, 0.1) is 13.8 Å². The van der Waals surface area contributed by atoms with Crippen LogP contribution >= 0.6 is 0 Å². The predicted molar refractivity (Wildman–Crippen MR) is 66.3 cm³/mol. The Kier molecular flexibility index (Phi) is 4.48. The van der Waals surface area contributed by atoms with Gasteiger partial charge in [-0.05, 0) is 26.3 Å². The molecule has 0 radical (unpaired) electrons. The first-order chi connectivity index (χ1) is 7.02. The van der Waals surface area contributed by atoms with Crippen LogP contribution in [0.5, 0.6) is 0 Å². The van der Waals surface area contributed by atoms with E-state index >= 15 is 0 Å². The quantitative estimate of drug-likeness (QED) is 0.850. The van der Waals surface area contributed by atoms with Crippen molar-refractivity contribution >= 4 is 10.8 Å². The second-order valence-corrected chi connectivity index (χ2v) is 5.92. The molecule has 0 saturated carbocycles. The van der Waals surface area contributed by atoms with Gasteiger partial charge in [0.15, 0.2) is 0 Å². The fourth-order valence-electron chi connectivity index (χ4n) is 1.57. The molecule has 0 bridgehead atoms. The zero-order valence-corrected chi connectivity index (χ0v) is 10.4. The van der Waals surface area contributed by atoms with Crippen molar-refractivity contribution in [1.29, 1.82) is 0 Å². The van der Waals surface area contributed by atoms with Crippen molar-refractivity contribution < 1.29 is 4.21 Å². The van der Waals surface area contributed by atoms with E-state index in [2.05, 4.69) is 32.0 Å². The first kappa shape index (κ1) is 12.4. The first-order valence-electron chi connectivity index (χ1n) is 5.17. The summed E-state index contributed by atoms with van der Waals surface area (Å²) >= 11 is 0. The number of benzene rings is 1. The Hall–Kier alpha value is -0.670. The summed E-state index contributed by atoms with van der Waals surface area (Å²) < 4.78 is 11.8. The number of hydrogen-bond donors (Lipinski definition) is 1. The van der Waals surface area contributed by atoms with Crippen LogP contribution in [-0.2, 0) is 16.6 Å². The van der Waals surface area contributed by atoms with Crippen molar-refractivity contribution in [3.63, 3.8) is 0 Å². The van der Waals surface area contributed by atoms with E-state index in [1.54, 1.807) is 0 Å². The molecule has 84 valence electrons. The predicted octanol–water partition coefficient (Wildman–Crippen LogP) is 1.90. The summed E-state index contributed by atoms with van der Waals surface area (Å²) in [4.78, 5) is 0. The lowest BCUT2D eigenvalue weighted by Crippen LogP contribution is -2.22. The molecule has 2 atom stereocenters. The minimum absolute atomic E-state index is 0.0748.